The van der Waals surface area contributed by atoms with Crippen molar-refractivity contribution in [2.24, 2.45) is 4.99 Å². The highest BCUT2D eigenvalue weighted by Crippen LogP contribution is 2.23. The van der Waals surface area contributed by atoms with Crippen LogP contribution in [-0.2, 0) is 6.54 Å². The van der Waals surface area contributed by atoms with Crippen LogP contribution in [0.25, 0.3) is 0 Å². The lowest BCUT2D eigenvalue weighted by Crippen LogP contribution is -2.12. The molecule has 0 radical (unpaired) electrons. The number of hydrogen-bond donors (Lipinski definition) is 1. The van der Waals surface area contributed by atoms with Crippen molar-refractivity contribution in [2.45, 2.75) is 33.7 Å². The molecule has 0 fully saturated rings. The zero-order chi connectivity index (χ0) is 18.1. The summed E-state index contributed by atoms with van der Waals surface area (Å²) < 4.78 is 5.40. The van der Waals surface area contributed by atoms with Crippen LogP contribution in [0.1, 0.15) is 31.4 Å². The molecule has 0 amide bonds. The molecule has 0 aliphatic carbocycles. The van der Waals surface area contributed by atoms with E-state index < -0.39 is 0 Å². The molecule has 0 spiro atoms. The summed E-state index contributed by atoms with van der Waals surface area (Å²) in [6, 6.07) is 5.93. The summed E-state index contributed by atoms with van der Waals surface area (Å²) in [5.74, 6) is 0.819. The number of halogens is 1. The molecule has 0 aliphatic heterocycles. The van der Waals surface area contributed by atoms with Crippen molar-refractivity contribution in [3.8, 4) is 5.75 Å². The number of aliphatic imine (C=N–C) groups is 1. The van der Waals surface area contributed by atoms with E-state index >= 15 is 0 Å². The van der Waals surface area contributed by atoms with Crippen molar-refractivity contribution in [3.05, 3.63) is 64.9 Å². The molecule has 1 aromatic rings. The number of rotatable bonds is 8. The molecule has 4 heteroatoms. The van der Waals surface area contributed by atoms with E-state index in [1.54, 1.807) is 7.11 Å². The molecule has 0 unspecified atom stereocenters. The summed E-state index contributed by atoms with van der Waals surface area (Å²) in [7, 11) is 3.51. The van der Waals surface area contributed by atoms with Gasteiger partial charge in [-0.25, -0.2) is 0 Å². The van der Waals surface area contributed by atoms with Crippen molar-refractivity contribution >= 4 is 16.8 Å². The Morgan fingerprint density at radius 2 is 2.12 bits per heavy atom. The molecule has 130 valence electrons. The third-order valence-corrected chi connectivity index (χ3v) is 4.05. The van der Waals surface area contributed by atoms with Crippen LogP contribution < -0.4 is 10.1 Å². The van der Waals surface area contributed by atoms with Crippen molar-refractivity contribution in [2.75, 3.05) is 14.2 Å². The van der Waals surface area contributed by atoms with Gasteiger partial charge in [0.2, 0.25) is 0 Å². The molecule has 0 bridgehead atoms. The van der Waals surface area contributed by atoms with Gasteiger partial charge in [0.15, 0.2) is 0 Å². The van der Waals surface area contributed by atoms with Gasteiger partial charge in [-0.05, 0) is 38.0 Å². The van der Waals surface area contributed by atoms with Crippen LogP contribution in [0.5, 0.6) is 5.75 Å². The highest BCUT2D eigenvalue weighted by molar-refractivity contribution is 6.70. The van der Waals surface area contributed by atoms with Gasteiger partial charge < -0.3 is 10.1 Å². The van der Waals surface area contributed by atoms with E-state index in [4.69, 9.17) is 16.3 Å². The highest BCUT2D eigenvalue weighted by atomic mass is 35.5. The van der Waals surface area contributed by atoms with Crippen LogP contribution in [0.15, 0.2) is 58.8 Å². The molecule has 0 saturated heterocycles. The lowest BCUT2D eigenvalue weighted by Gasteiger charge is -2.12. The molecule has 3 nitrogen and oxygen atoms in total. The fourth-order valence-electron chi connectivity index (χ4n) is 2.34. The minimum Gasteiger partial charge on any atom is -0.496 e. The lowest BCUT2D eigenvalue weighted by molar-refractivity contribution is 0.409. The number of benzene rings is 1. The number of ether oxygens (including phenoxy) is 1. The number of hydrogen-bond acceptors (Lipinski definition) is 3. The summed E-state index contributed by atoms with van der Waals surface area (Å²) in [5.41, 5.74) is 4.86. The second-order valence-corrected chi connectivity index (χ2v) is 5.86. The smallest absolute Gasteiger partial charge is 0.132 e. The van der Waals surface area contributed by atoms with Gasteiger partial charge >= 0.3 is 0 Å². The predicted octanol–water partition coefficient (Wildman–Crippen LogP) is 5.16. The maximum atomic E-state index is 6.37. The van der Waals surface area contributed by atoms with Crippen LogP contribution >= 0.6 is 11.6 Å². The summed E-state index contributed by atoms with van der Waals surface area (Å²) >= 11 is 6.37. The summed E-state index contributed by atoms with van der Waals surface area (Å²) in [6.45, 7) is 10.7. The van der Waals surface area contributed by atoms with Crippen LogP contribution in [-0.4, -0.2) is 19.3 Å². The maximum absolute atomic E-state index is 6.37. The standard InChI is InChI=1S/C20H27ClN2O/c1-7-9-14(2)12-18(22-5)16(4)20(21)23-13-17-15(3)10-8-11-19(17)24-6/h8-12,22H,4,7,13H2,1-3,5-6H3/b14-9-,18-12+,23-20?. The molecule has 1 aromatic carbocycles. The average molecular weight is 347 g/mol. The van der Waals surface area contributed by atoms with Crippen LogP contribution in [0.2, 0.25) is 0 Å². The van der Waals surface area contributed by atoms with Crippen molar-refractivity contribution in [3.63, 3.8) is 0 Å². The minimum atomic E-state index is 0.394. The fraction of sp³-hybridized carbons (Fsp3) is 0.350. The third-order valence-electron chi connectivity index (χ3n) is 3.70. The van der Waals surface area contributed by atoms with Gasteiger partial charge in [-0.2, -0.15) is 0 Å². The molecular weight excluding hydrogens is 320 g/mol. The Bertz CT molecular complexity index is 672. The van der Waals surface area contributed by atoms with E-state index in [1.165, 1.54) is 0 Å². The monoisotopic (exact) mass is 346 g/mol. The first kappa shape index (κ1) is 20.0. The van der Waals surface area contributed by atoms with Gasteiger partial charge in [-0.15, -0.1) is 0 Å². The molecular formula is C20H27ClN2O. The summed E-state index contributed by atoms with van der Waals surface area (Å²) in [5, 5.41) is 3.53. The van der Waals surface area contributed by atoms with E-state index in [9.17, 15) is 0 Å². The number of nitrogens with zero attached hydrogens (tertiary/aromatic N) is 1. The minimum absolute atomic E-state index is 0.394. The Labute approximate surface area is 150 Å². The molecule has 24 heavy (non-hydrogen) atoms. The van der Waals surface area contributed by atoms with E-state index in [0.717, 1.165) is 34.6 Å². The summed E-state index contributed by atoms with van der Waals surface area (Å²) in [4.78, 5) is 4.49. The van der Waals surface area contributed by atoms with Gasteiger partial charge in [-0.3, -0.25) is 4.99 Å². The molecule has 0 saturated carbocycles. The van der Waals surface area contributed by atoms with E-state index in [0.29, 0.717) is 17.3 Å². The number of allylic oxidation sites excluding steroid dienone is 4. The van der Waals surface area contributed by atoms with E-state index in [1.807, 2.05) is 38.2 Å². The lowest BCUT2D eigenvalue weighted by atomic mass is 10.1. The van der Waals surface area contributed by atoms with Crippen molar-refractivity contribution in [1.29, 1.82) is 0 Å². The van der Waals surface area contributed by atoms with Gasteiger partial charge in [0.25, 0.3) is 0 Å². The topological polar surface area (TPSA) is 33.6 Å². The molecule has 1 rings (SSSR count). The first-order valence-electron chi connectivity index (χ1n) is 8.02. The normalized spacial score (nSPS) is 13.0. The number of likely N-dealkylation sites (N-methyl/N-ethyl adjacent to an activating group) is 1. The van der Waals surface area contributed by atoms with Crippen LogP contribution in [0, 0.1) is 6.92 Å². The Morgan fingerprint density at radius 3 is 2.71 bits per heavy atom. The Morgan fingerprint density at radius 1 is 1.42 bits per heavy atom. The van der Waals surface area contributed by atoms with Gasteiger partial charge in [0.1, 0.15) is 10.9 Å². The molecule has 1 N–H and O–H groups in total. The first-order valence-corrected chi connectivity index (χ1v) is 8.40. The molecule has 0 heterocycles. The Hall–Kier alpha value is -2.00. The van der Waals surface area contributed by atoms with Gasteiger partial charge in [0.05, 0.1) is 13.7 Å². The highest BCUT2D eigenvalue weighted by Gasteiger charge is 2.09. The van der Waals surface area contributed by atoms with E-state index in [2.05, 4.69) is 36.8 Å². The van der Waals surface area contributed by atoms with Crippen molar-refractivity contribution in [1.82, 2.24) is 5.32 Å². The first-order chi connectivity index (χ1) is 11.4. The molecule has 0 atom stereocenters. The molecule has 0 aromatic heterocycles. The van der Waals surface area contributed by atoms with E-state index in [-0.39, 0.29) is 0 Å². The van der Waals surface area contributed by atoms with Gasteiger partial charge in [-0.1, -0.05) is 48.9 Å². The SMILES string of the molecule is C=C(C(Cl)=NCc1c(C)cccc1OC)/C(=C\C(C)=C/CC)NC. The predicted molar refractivity (Wildman–Crippen MR) is 105 cm³/mol. The number of aryl methyl sites for hydroxylation is 1. The molecule has 0 aliphatic rings. The van der Waals surface area contributed by atoms with Crippen LogP contribution in [0.3, 0.4) is 0 Å². The summed E-state index contributed by atoms with van der Waals surface area (Å²) in [6.07, 6.45) is 5.16. The maximum Gasteiger partial charge on any atom is 0.132 e. The zero-order valence-corrected chi connectivity index (χ0v) is 16.0. The quantitative estimate of drug-likeness (QED) is 0.521. The Kier molecular flexibility index (Phi) is 8.34. The fourth-order valence-corrected chi connectivity index (χ4v) is 2.50. The number of methoxy groups -OCH3 is 1. The third kappa shape index (κ3) is 5.57. The van der Waals surface area contributed by atoms with Crippen LogP contribution in [0.4, 0.5) is 0 Å². The second kappa shape index (κ2) is 9.99. The average Bonchev–Trinajstić information content (AvgIpc) is 2.57. The second-order valence-electron chi connectivity index (χ2n) is 5.51. The Balaban J connectivity index is 3.00. The largest absolute Gasteiger partial charge is 0.496 e. The van der Waals surface area contributed by atoms with Crippen molar-refractivity contribution < 1.29 is 4.74 Å². The van der Waals surface area contributed by atoms with Gasteiger partial charge in [0, 0.05) is 23.9 Å². The zero-order valence-electron chi connectivity index (χ0n) is 15.2. The number of nitrogens with one attached hydrogen (secondary N) is 1.